The maximum absolute atomic E-state index is 11.3. The Morgan fingerprint density at radius 1 is 0.967 bits per heavy atom. The van der Waals surface area contributed by atoms with E-state index in [1.54, 1.807) is 36.4 Å². The third-order valence-electron chi connectivity index (χ3n) is 4.88. The monoisotopic (exact) mass is 440 g/mol. The van der Waals surface area contributed by atoms with Crippen LogP contribution < -0.4 is 0 Å². The number of aliphatic hydroxyl groups is 2. The Hall–Kier alpha value is -2.66. The molecule has 0 aliphatic heterocycles. The zero-order chi connectivity index (χ0) is 21.7. The van der Waals surface area contributed by atoms with Crippen molar-refractivity contribution in [2.24, 2.45) is 0 Å². The van der Waals surface area contributed by atoms with Gasteiger partial charge in [-0.25, -0.2) is 9.97 Å². The summed E-state index contributed by atoms with van der Waals surface area (Å²) in [7, 11) is 0. The average molecular weight is 441 g/mol. The van der Waals surface area contributed by atoms with Gasteiger partial charge in [0.05, 0.1) is 0 Å². The smallest absolute Gasteiger partial charge is 0.129 e. The van der Waals surface area contributed by atoms with E-state index in [9.17, 15) is 10.2 Å². The van der Waals surface area contributed by atoms with Gasteiger partial charge < -0.3 is 10.2 Å². The topological polar surface area (TPSA) is 66.2 Å². The second kappa shape index (κ2) is 9.90. The quantitative estimate of drug-likeness (QED) is 0.331. The van der Waals surface area contributed by atoms with E-state index < -0.39 is 6.10 Å². The Morgan fingerprint density at radius 3 is 2.23 bits per heavy atom. The van der Waals surface area contributed by atoms with E-state index in [2.05, 4.69) is 9.97 Å². The summed E-state index contributed by atoms with van der Waals surface area (Å²) in [6.07, 6.45) is 4.02. The number of hydrogen-bond donors (Lipinski definition) is 2. The van der Waals surface area contributed by atoms with Crippen molar-refractivity contribution in [3.63, 3.8) is 0 Å². The van der Waals surface area contributed by atoms with Crippen molar-refractivity contribution in [1.29, 1.82) is 0 Å². The van der Waals surface area contributed by atoms with Crippen LogP contribution in [0, 0.1) is 0 Å². The Morgan fingerprint density at radius 2 is 1.63 bits per heavy atom. The van der Waals surface area contributed by atoms with Crippen molar-refractivity contribution in [2.75, 3.05) is 0 Å². The Kier molecular flexibility index (Phi) is 7.27. The van der Waals surface area contributed by atoms with E-state index in [0.29, 0.717) is 26.7 Å². The van der Waals surface area contributed by atoms with Gasteiger partial charge in [-0.15, -0.1) is 0 Å². The summed E-state index contributed by atoms with van der Waals surface area (Å²) in [5, 5.41) is 23.7. The molecule has 1 heterocycles. The molecule has 0 unspecified atom stereocenters. The minimum Gasteiger partial charge on any atom is -0.507 e. The molecule has 0 aliphatic carbocycles. The highest BCUT2D eigenvalue weighted by molar-refractivity contribution is 6.31. The van der Waals surface area contributed by atoms with Crippen molar-refractivity contribution in [2.45, 2.75) is 26.4 Å². The van der Waals surface area contributed by atoms with Crippen LogP contribution in [0.3, 0.4) is 0 Å². The largest absolute Gasteiger partial charge is 0.507 e. The van der Waals surface area contributed by atoms with Gasteiger partial charge in [0.25, 0.3) is 0 Å². The first-order valence-corrected chi connectivity index (χ1v) is 10.3. The molecule has 154 valence electrons. The van der Waals surface area contributed by atoms with Gasteiger partial charge in [-0.1, -0.05) is 60.0 Å². The predicted molar refractivity (Wildman–Crippen MR) is 122 cm³/mol. The van der Waals surface area contributed by atoms with Crippen molar-refractivity contribution in [1.82, 2.24) is 9.97 Å². The van der Waals surface area contributed by atoms with E-state index in [1.165, 1.54) is 18.7 Å². The van der Waals surface area contributed by atoms with Crippen molar-refractivity contribution < 1.29 is 10.2 Å². The summed E-state index contributed by atoms with van der Waals surface area (Å²) in [4.78, 5) is 8.03. The standard InChI is InChI=1S/C24H22Cl2N2O2/c1-3-15(2)21(16-7-9-19(25)10-8-16)22(24(30)18-12-27-14-28-13-18)23(29)17-5-4-6-20(26)11-17/h4-14,24,29-30H,3H2,1-2H3/b21-15+,23-22+/t24-/m1/s1. The highest BCUT2D eigenvalue weighted by Crippen LogP contribution is 2.40. The molecule has 0 amide bonds. The summed E-state index contributed by atoms with van der Waals surface area (Å²) in [6, 6.07) is 14.2. The van der Waals surface area contributed by atoms with Gasteiger partial charge in [0.2, 0.25) is 0 Å². The molecule has 2 N–H and O–H groups in total. The van der Waals surface area contributed by atoms with E-state index in [4.69, 9.17) is 23.2 Å². The molecule has 6 heteroatoms. The van der Waals surface area contributed by atoms with Crippen LogP contribution in [-0.2, 0) is 0 Å². The molecule has 0 saturated carbocycles. The minimum absolute atomic E-state index is 0.0633. The lowest BCUT2D eigenvalue weighted by Gasteiger charge is -2.23. The van der Waals surface area contributed by atoms with E-state index in [1.807, 2.05) is 26.0 Å². The second-order valence-electron chi connectivity index (χ2n) is 6.86. The lowest BCUT2D eigenvalue weighted by atomic mass is 9.85. The number of benzene rings is 2. The first kappa shape index (κ1) is 22.0. The fraction of sp³-hybridized carbons (Fsp3) is 0.167. The second-order valence-corrected chi connectivity index (χ2v) is 7.74. The molecule has 0 radical (unpaired) electrons. The first-order chi connectivity index (χ1) is 14.4. The number of hydrogen-bond acceptors (Lipinski definition) is 4. The molecule has 2 aromatic carbocycles. The lowest BCUT2D eigenvalue weighted by molar-refractivity contribution is 0.217. The van der Waals surface area contributed by atoms with E-state index >= 15 is 0 Å². The van der Waals surface area contributed by atoms with Gasteiger partial charge in [0.1, 0.15) is 18.2 Å². The molecular weight excluding hydrogens is 419 g/mol. The maximum Gasteiger partial charge on any atom is 0.129 e. The molecular formula is C24H22Cl2N2O2. The van der Waals surface area contributed by atoms with Crippen molar-refractivity contribution in [3.8, 4) is 0 Å². The summed E-state index contributed by atoms with van der Waals surface area (Å²) in [5.74, 6) is -0.0633. The number of rotatable bonds is 6. The third kappa shape index (κ3) is 4.90. The van der Waals surface area contributed by atoms with E-state index in [0.717, 1.165) is 23.1 Å². The Balaban J connectivity index is 2.31. The highest BCUT2D eigenvalue weighted by atomic mass is 35.5. The molecule has 1 atom stereocenters. The number of halogens is 2. The summed E-state index contributed by atoms with van der Waals surface area (Å²) in [6.45, 7) is 4.00. The molecule has 3 aromatic rings. The van der Waals surface area contributed by atoms with Gasteiger partial charge in [-0.05, 0) is 48.7 Å². The molecule has 30 heavy (non-hydrogen) atoms. The summed E-state index contributed by atoms with van der Waals surface area (Å²) >= 11 is 12.2. The van der Waals surface area contributed by atoms with E-state index in [-0.39, 0.29) is 5.76 Å². The molecule has 0 spiro atoms. The molecule has 4 nitrogen and oxygen atoms in total. The lowest BCUT2D eigenvalue weighted by Crippen LogP contribution is -2.09. The van der Waals surface area contributed by atoms with Crippen LogP contribution in [0.1, 0.15) is 43.1 Å². The number of aliphatic hydroxyl groups excluding tert-OH is 2. The summed E-state index contributed by atoms with van der Waals surface area (Å²) < 4.78 is 0. The van der Waals surface area contributed by atoms with Gasteiger partial charge in [0, 0.05) is 39.1 Å². The fourth-order valence-corrected chi connectivity index (χ4v) is 3.54. The number of nitrogens with zero attached hydrogens (tertiary/aromatic N) is 2. The normalized spacial score (nSPS) is 14.0. The fourth-order valence-electron chi connectivity index (χ4n) is 3.22. The Bertz CT molecular complexity index is 1080. The van der Waals surface area contributed by atoms with Crippen LogP contribution in [-0.4, -0.2) is 20.2 Å². The van der Waals surface area contributed by atoms with Gasteiger partial charge in [-0.2, -0.15) is 0 Å². The SMILES string of the molecule is CC/C(C)=C(/C(=C(\O)c1cccc(Cl)c1)[C@H](O)c1cncnc1)c1ccc(Cl)cc1. The van der Waals surface area contributed by atoms with Crippen LogP contribution in [0.15, 0.2) is 78.4 Å². The molecule has 0 fully saturated rings. The van der Waals surface area contributed by atoms with Crippen LogP contribution in [0.2, 0.25) is 10.0 Å². The Labute approximate surface area is 186 Å². The highest BCUT2D eigenvalue weighted by Gasteiger charge is 2.26. The first-order valence-electron chi connectivity index (χ1n) is 9.50. The third-order valence-corrected chi connectivity index (χ3v) is 5.37. The molecule has 0 bridgehead atoms. The van der Waals surface area contributed by atoms with Crippen LogP contribution in [0.25, 0.3) is 11.3 Å². The summed E-state index contributed by atoms with van der Waals surface area (Å²) in [5.41, 5.74) is 3.90. The van der Waals surface area contributed by atoms with Gasteiger partial charge >= 0.3 is 0 Å². The molecule has 3 rings (SSSR count). The zero-order valence-electron chi connectivity index (χ0n) is 16.7. The van der Waals surface area contributed by atoms with Gasteiger partial charge in [-0.3, -0.25) is 0 Å². The number of allylic oxidation sites excluding steroid dienone is 1. The predicted octanol–water partition coefficient (Wildman–Crippen LogP) is 6.67. The maximum atomic E-state index is 11.3. The van der Waals surface area contributed by atoms with Crippen molar-refractivity contribution in [3.05, 3.63) is 105 Å². The van der Waals surface area contributed by atoms with Gasteiger partial charge in [0.15, 0.2) is 0 Å². The minimum atomic E-state index is -1.16. The molecule has 0 aliphatic rings. The zero-order valence-corrected chi connectivity index (χ0v) is 18.2. The van der Waals surface area contributed by atoms with Crippen LogP contribution in [0.5, 0.6) is 0 Å². The van der Waals surface area contributed by atoms with Crippen molar-refractivity contribution >= 4 is 34.5 Å². The van der Waals surface area contributed by atoms with Crippen LogP contribution in [0.4, 0.5) is 0 Å². The number of aromatic nitrogens is 2. The molecule has 1 aromatic heterocycles. The molecule has 0 saturated heterocycles. The van der Waals surface area contributed by atoms with Crippen LogP contribution >= 0.6 is 23.2 Å². The average Bonchev–Trinajstić information content (AvgIpc) is 2.77.